The lowest BCUT2D eigenvalue weighted by molar-refractivity contribution is 1.14. The summed E-state index contributed by atoms with van der Waals surface area (Å²) in [5.41, 5.74) is 3.48. The second-order valence-corrected chi connectivity index (χ2v) is 4.95. The number of hydrogen-bond acceptors (Lipinski definition) is 1. The molecule has 0 saturated carbocycles. The number of rotatable bonds is 4. The minimum atomic E-state index is 0.531. The van der Waals surface area contributed by atoms with Crippen molar-refractivity contribution in [3.63, 3.8) is 0 Å². The first kappa shape index (κ1) is 12.5. The van der Waals surface area contributed by atoms with E-state index in [-0.39, 0.29) is 0 Å². The van der Waals surface area contributed by atoms with Crippen LogP contribution < -0.4 is 5.32 Å². The summed E-state index contributed by atoms with van der Waals surface area (Å²) in [6, 6.07) is 16.4. The Morgan fingerprint density at radius 2 is 1.71 bits per heavy atom. The molecule has 3 heteroatoms. The summed E-state index contributed by atoms with van der Waals surface area (Å²) in [7, 11) is 0. The third-order valence-electron chi connectivity index (χ3n) is 2.56. The molecule has 0 aliphatic heterocycles. The van der Waals surface area contributed by atoms with Crippen LogP contribution in [0.15, 0.2) is 53.0 Å². The number of hydrogen-bond donors (Lipinski definition) is 1. The van der Waals surface area contributed by atoms with Crippen LogP contribution >= 0.6 is 27.5 Å². The van der Waals surface area contributed by atoms with Gasteiger partial charge in [-0.2, -0.15) is 0 Å². The van der Waals surface area contributed by atoms with Crippen molar-refractivity contribution in [1.82, 2.24) is 0 Å². The largest absolute Gasteiger partial charge is 0.381 e. The van der Waals surface area contributed by atoms with E-state index >= 15 is 0 Å². The van der Waals surface area contributed by atoms with Crippen LogP contribution in [0.3, 0.4) is 0 Å². The zero-order valence-corrected chi connectivity index (χ0v) is 11.6. The molecular formula is C14H13BrClN. The monoisotopic (exact) mass is 309 g/mol. The molecule has 0 aliphatic rings. The van der Waals surface area contributed by atoms with Gasteiger partial charge >= 0.3 is 0 Å². The smallest absolute Gasteiger partial charge is 0.0494 e. The van der Waals surface area contributed by atoms with Gasteiger partial charge in [0, 0.05) is 22.6 Å². The molecular weight excluding hydrogens is 298 g/mol. The molecule has 0 aromatic heterocycles. The van der Waals surface area contributed by atoms with Crippen molar-refractivity contribution in [3.05, 3.63) is 64.1 Å². The summed E-state index contributed by atoms with van der Waals surface area (Å²) >= 11 is 9.31. The molecule has 2 rings (SSSR count). The maximum absolute atomic E-state index is 5.89. The van der Waals surface area contributed by atoms with Crippen molar-refractivity contribution in [2.75, 3.05) is 5.32 Å². The van der Waals surface area contributed by atoms with Crippen LogP contribution in [0.5, 0.6) is 0 Å². The van der Waals surface area contributed by atoms with E-state index in [1.165, 1.54) is 5.56 Å². The lowest BCUT2D eigenvalue weighted by Gasteiger charge is -2.10. The van der Waals surface area contributed by atoms with Gasteiger partial charge in [-0.1, -0.05) is 46.3 Å². The summed E-state index contributed by atoms with van der Waals surface area (Å²) in [5.74, 6) is 0.531. The van der Waals surface area contributed by atoms with Gasteiger partial charge in [-0.25, -0.2) is 0 Å². The summed E-state index contributed by atoms with van der Waals surface area (Å²) in [6.45, 7) is 0.807. The molecule has 0 bridgehead atoms. The van der Waals surface area contributed by atoms with Gasteiger partial charge in [0.05, 0.1) is 0 Å². The first-order valence-electron chi connectivity index (χ1n) is 5.42. The molecule has 0 unspecified atom stereocenters. The summed E-state index contributed by atoms with van der Waals surface area (Å²) in [4.78, 5) is 0. The number of para-hydroxylation sites is 1. The lowest BCUT2D eigenvalue weighted by Crippen LogP contribution is -2.01. The van der Waals surface area contributed by atoms with Gasteiger partial charge < -0.3 is 5.32 Å². The van der Waals surface area contributed by atoms with Gasteiger partial charge in [0.2, 0.25) is 0 Å². The Morgan fingerprint density at radius 3 is 2.41 bits per heavy atom. The summed E-state index contributed by atoms with van der Waals surface area (Å²) in [6.07, 6.45) is 0. The molecule has 0 radical (unpaired) electrons. The van der Waals surface area contributed by atoms with Gasteiger partial charge in [0.25, 0.3) is 0 Å². The van der Waals surface area contributed by atoms with E-state index in [4.69, 9.17) is 11.6 Å². The maximum atomic E-state index is 5.89. The van der Waals surface area contributed by atoms with E-state index in [1.54, 1.807) is 0 Å². The number of alkyl halides is 1. The number of anilines is 1. The molecule has 1 N–H and O–H groups in total. The maximum Gasteiger partial charge on any atom is 0.0494 e. The predicted molar refractivity (Wildman–Crippen MR) is 77.5 cm³/mol. The highest BCUT2D eigenvalue weighted by Crippen LogP contribution is 2.18. The van der Waals surface area contributed by atoms with Crippen LogP contribution in [0.2, 0.25) is 0 Å². The van der Waals surface area contributed by atoms with Gasteiger partial charge in [0.1, 0.15) is 0 Å². The molecule has 0 amide bonds. The van der Waals surface area contributed by atoms with E-state index in [0.717, 1.165) is 22.3 Å². The lowest BCUT2D eigenvalue weighted by atomic mass is 10.2. The van der Waals surface area contributed by atoms with Crippen LogP contribution in [0.1, 0.15) is 11.1 Å². The molecule has 2 aromatic rings. The van der Waals surface area contributed by atoms with Crippen molar-refractivity contribution in [2.24, 2.45) is 0 Å². The minimum absolute atomic E-state index is 0.531. The first-order chi connectivity index (χ1) is 8.29. The molecule has 17 heavy (non-hydrogen) atoms. The third kappa shape index (κ3) is 3.48. The fraction of sp³-hybridized carbons (Fsp3) is 0.143. The average molecular weight is 311 g/mol. The van der Waals surface area contributed by atoms with Crippen LogP contribution in [0, 0.1) is 0 Å². The van der Waals surface area contributed by atoms with E-state index in [0.29, 0.717) is 5.88 Å². The highest BCUT2D eigenvalue weighted by Gasteiger charge is 1.99. The van der Waals surface area contributed by atoms with Gasteiger partial charge in [-0.05, 0) is 29.3 Å². The Labute approximate surface area is 115 Å². The van der Waals surface area contributed by atoms with Crippen LogP contribution in [0.4, 0.5) is 5.69 Å². The van der Waals surface area contributed by atoms with Crippen LogP contribution in [0.25, 0.3) is 0 Å². The second-order valence-electron chi connectivity index (χ2n) is 3.77. The fourth-order valence-corrected chi connectivity index (χ4v) is 2.11. The van der Waals surface area contributed by atoms with Crippen LogP contribution in [-0.4, -0.2) is 0 Å². The summed E-state index contributed by atoms with van der Waals surface area (Å²) in [5, 5.41) is 3.40. The Bertz CT molecular complexity index is 482. The zero-order chi connectivity index (χ0) is 12.1. The number of halogens is 2. The molecule has 0 fully saturated rings. The molecule has 0 saturated heterocycles. The molecule has 0 atom stereocenters. The van der Waals surface area contributed by atoms with Gasteiger partial charge in [-0.3, -0.25) is 0 Å². The third-order valence-corrected chi connectivity index (χ3v) is 3.37. The Balaban J connectivity index is 2.04. The average Bonchev–Trinajstić information content (AvgIpc) is 2.38. The Hall–Kier alpha value is -0.990. The van der Waals surface area contributed by atoms with Crippen molar-refractivity contribution < 1.29 is 0 Å². The first-order valence-corrected chi connectivity index (χ1v) is 6.74. The van der Waals surface area contributed by atoms with Crippen molar-refractivity contribution in [2.45, 2.75) is 12.4 Å². The van der Waals surface area contributed by atoms with Gasteiger partial charge in [0.15, 0.2) is 0 Å². The molecule has 0 spiro atoms. The van der Waals surface area contributed by atoms with E-state index in [9.17, 15) is 0 Å². The normalized spacial score (nSPS) is 10.2. The minimum Gasteiger partial charge on any atom is -0.381 e. The molecule has 2 aromatic carbocycles. The topological polar surface area (TPSA) is 12.0 Å². The highest BCUT2D eigenvalue weighted by molar-refractivity contribution is 9.10. The summed E-state index contributed by atoms with van der Waals surface area (Å²) < 4.78 is 1.10. The quantitative estimate of drug-likeness (QED) is 0.800. The van der Waals surface area contributed by atoms with E-state index < -0.39 is 0 Å². The van der Waals surface area contributed by atoms with Crippen LogP contribution in [-0.2, 0) is 12.4 Å². The standard InChI is InChI=1S/C14H13BrClN/c15-13-7-5-11(6-8-13)10-17-14-4-2-1-3-12(14)9-16/h1-8,17H,9-10H2. The molecule has 1 nitrogen and oxygen atoms in total. The molecule has 88 valence electrons. The van der Waals surface area contributed by atoms with E-state index in [1.807, 2.05) is 30.3 Å². The number of nitrogens with one attached hydrogen (secondary N) is 1. The molecule has 0 aliphatic carbocycles. The van der Waals surface area contributed by atoms with Gasteiger partial charge in [-0.15, -0.1) is 11.6 Å². The molecule has 0 heterocycles. The van der Waals surface area contributed by atoms with Crippen molar-refractivity contribution >= 4 is 33.2 Å². The zero-order valence-electron chi connectivity index (χ0n) is 9.29. The van der Waals surface area contributed by atoms with Crippen molar-refractivity contribution in [3.8, 4) is 0 Å². The second kappa shape index (κ2) is 6.08. The highest BCUT2D eigenvalue weighted by atomic mass is 79.9. The number of benzene rings is 2. The Kier molecular flexibility index (Phi) is 4.46. The Morgan fingerprint density at radius 1 is 1.00 bits per heavy atom. The SMILES string of the molecule is ClCc1ccccc1NCc1ccc(Br)cc1. The fourth-order valence-electron chi connectivity index (χ4n) is 1.61. The predicted octanol–water partition coefficient (Wildman–Crippen LogP) is 4.80. The van der Waals surface area contributed by atoms with E-state index in [2.05, 4.69) is 39.4 Å². The van der Waals surface area contributed by atoms with Crippen molar-refractivity contribution in [1.29, 1.82) is 0 Å².